The Hall–Kier alpha value is -1.06. The number of hydrogen-bond acceptors (Lipinski definition) is 1. The highest BCUT2D eigenvalue weighted by Crippen LogP contribution is 2.28. The van der Waals surface area contributed by atoms with E-state index < -0.39 is 11.7 Å². The zero-order valence-electron chi connectivity index (χ0n) is 6.07. The average Bonchev–Trinajstić information content (AvgIpc) is 1.86. The van der Waals surface area contributed by atoms with Crippen molar-refractivity contribution in [3.05, 3.63) is 23.9 Å². The maximum Gasteiger partial charge on any atom is 0.418 e. The van der Waals surface area contributed by atoms with Crippen LogP contribution in [-0.2, 0) is 0 Å². The maximum absolute atomic E-state index is 11.9. The van der Waals surface area contributed by atoms with E-state index in [1.165, 1.54) is 6.92 Å². The maximum atomic E-state index is 11.9. The van der Waals surface area contributed by atoms with Gasteiger partial charge in [0.05, 0.1) is 5.57 Å². The molecule has 0 fully saturated rings. The molecule has 11 heavy (non-hydrogen) atoms. The molecule has 0 N–H and O–H groups in total. The van der Waals surface area contributed by atoms with Crippen LogP contribution in [0.2, 0.25) is 0 Å². The number of alkyl halides is 3. The molecule has 0 rings (SSSR count). The molecule has 0 atom stereocenters. The molecule has 0 amide bonds. The molecule has 0 saturated carbocycles. The summed E-state index contributed by atoms with van der Waals surface area (Å²) in [5, 5.41) is 0. The van der Waals surface area contributed by atoms with E-state index in [1.54, 1.807) is 0 Å². The molecule has 0 aliphatic heterocycles. The van der Waals surface area contributed by atoms with Crippen LogP contribution in [0, 0.1) is 0 Å². The SMILES string of the molecule is C=C/C(=C(/C)N=C)C(F)(F)F. The summed E-state index contributed by atoms with van der Waals surface area (Å²) in [6.45, 7) is 7.25. The Morgan fingerprint density at radius 2 is 1.91 bits per heavy atom. The first-order valence-electron chi connectivity index (χ1n) is 2.80. The fourth-order valence-electron chi connectivity index (χ4n) is 0.554. The first-order chi connectivity index (χ1) is 4.93. The lowest BCUT2D eigenvalue weighted by Gasteiger charge is -2.07. The van der Waals surface area contributed by atoms with E-state index in [0.717, 1.165) is 6.08 Å². The number of allylic oxidation sites excluding steroid dienone is 3. The Labute approximate surface area is 62.9 Å². The summed E-state index contributed by atoms with van der Waals surface area (Å²) in [6.07, 6.45) is -3.66. The van der Waals surface area contributed by atoms with Gasteiger partial charge in [-0.25, -0.2) is 0 Å². The summed E-state index contributed by atoms with van der Waals surface area (Å²) in [6, 6.07) is 0. The van der Waals surface area contributed by atoms with Crippen LogP contribution in [0.1, 0.15) is 6.92 Å². The molecule has 0 aromatic heterocycles. The molecule has 0 unspecified atom stereocenters. The molecule has 0 aliphatic carbocycles. The van der Waals surface area contributed by atoms with Crippen molar-refractivity contribution in [2.24, 2.45) is 4.99 Å². The zero-order chi connectivity index (χ0) is 9.07. The molecule has 0 heterocycles. The van der Waals surface area contributed by atoms with E-state index in [0.29, 0.717) is 0 Å². The topological polar surface area (TPSA) is 12.4 Å². The Balaban J connectivity index is 4.95. The summed E-state index contributed by atoms with van der Waals surface area (Å²) >= 11 is 0. The van der Waals surface area contributed by atoms with Crippen LogP contribution in [-0.4, -0.2) is 12.9 Å². The third kappa shape index (κ3) is 2.57. The van der Waals surface area contributed by atoms with Gasteiger partial charge in [-0.15, -0.1) is 0 Å². The van der Waals surface area contributed by atoms with Gasteiger partial charge in [0.1, 0.15) is 0 Å². The number of nitrogens with zero attached hydrogens (tertiary/aromatic N) is 1. The molecule has 0 radical (unpaired) electrons. The highest BCUT2D eigenvalue weighted by Gasteiger charge is 2.33. The van der Waals surface area contributed by atoms with Gasteiger partial charge >= 0.3 is 6.18 Å². The average molecular weight is 163 g/mol. The molecule has 0 spiro atoms. The molecule has 0 aromatic carbocycles. The van der Waals surface area contributed by atoms with Crippen LogP contribution >= 0.6 is 0 Å². The standard InChI is InChI=1S/C7H8F3N/c1-4-6(5(2)11-3)7(8,9)10/h4H,1,3H2,2H3/b6-5+. The van der Waals surface area contributed by atoms with Gasteiger partial charge in [0, 0.05) is 5.70 Å². The van der Waals surface area contributed by atoms with Gasteiger partial charge in [0.15, 0.2) is 0 Å². The van der Waals surface area contributed by atoms with Crippen LogP contribution in [0.25, 0.3) is 0 Å². The fourth-order valence-corrected chi connectivity index (χ4v) is 0.554. The second kappa shape index (κ2) is 3.37. The van der Waals surface area contributed by atoms with Crippen LogP contribution in [0.15, 0.2) is 28.9 Å². The van der Waals surface area contributed by atoms with Crippen molar-refractivity contribution < 1.29 is 13.2 Å². The molecular weight excluding hydrogens is 155 g/mol. The monoisotopic (exact) mass is 163 g/mol. The van der Waals surface area contributed by atoms with E-state index in [9.17, 15) is 13.2 Å². The Kier molecular flexibility index (Phi) is 3.04. The smallest absolute Gasteiger partial charge is 0.269 e. The molecule has 0 aromatic rings. The Morgan fingerprint density at radius 3 is 2.00 bits per heavy atom. The molecule has 0 saturated heterocycles. The van der Waals surface area contributed by atoms with Crippen molar-refractivity contribution in [1.82, 2.24) is 0 Å². The third-order valence-electron chi connectivity index (χ3n) is 1.14. The van der Waals surface area contributed by atoms with Gasteiger partial charge in [-0.3, -0.25) is 4.99 Å². The molecular formula is C7H8F3N. The number of halogens is 3. The second-order valence-electron chi connectivity index (χ2n) is 1.86. The van der Waals surface area contributed by atoms with Crippen LogP contribution < -0.4 is 0 Å². The molecule has 4 heteroatoms. The largest absolute Gasteiger partial charge is 0.418 e. The lowest BCUT2D eigenvalue weighted by molar-refractivity contribution is -0.0889. The van der Waals surface area contributed by atoms with E-state index in [-0.39, 0.29) is 5.70 Å². The van der Waals surface area contributed by atoms with Crippen LogP contribution in [0.3, 0.4) is 0 Å². The quantitative estimate of drug-likeness (QED) is 0.438. The minimum atomic E-state index is -4.38. The van der Waals surface area contributed by atoms with Crippen molar-refractivity contribution in [3.8, 4) is 0 Å². The molecule has 0 bridgehead atoms. The first-order valence-corrected chi connectivity index (χ1v) is 2.80. The minimum absolute atomic E-state index is 0.160. The predicted octanol–water partition coefficient (Wildman–Crippen LogP) is 2.71. The normalized spacial score (nSPS) is 13.8. The highest BCUT2D eigenvalue weighted by molar-refractivity contribution is 5.34. The lowest BCUT2D eigenvalue weighted by Crippen LogP contribution is -2.11. The van der Waals surface area contributed by atoms with Gasteiger partial charge < -0.3 is 0 Å². The predicted molar refractivity (Wildman–Crippen MR) is 38.5 cm³/mol. The van der Waals surface area contributed by atoms with Crippen molar-refractivity contribution in [3.63, 3.8) is 0 Å². The third-order valence-corrected chi connectivity index (χ3v) is 1.14. The highest BCUT2D eigenvalue weighted by atomic mass is 19.4. The molecule has 1 nitrogen and oxygen atoms in total. The summed E-state index contributed by atoms with van der Waals surface area (Å²) in [7, 11) is 0. The van der Waals surface area contributed by atoms with Gasteiger partial charge in [-0.1, -0.05) is 12.7 Å². The van der Waals surface area contributed by atoms with Crippen molar-refractivity contribution in [2.45, 2.75) is 13.1 Å². The minimum Gasteiger partial charge on any atom is -0.269 e. The van der Waals surface area contributed by atoms with Gasteiger partial charge in [-0.2, -0.15) is 13.2 Å². The number of rotatable bonds is 2. The number of aliphatic imine (C=N–C) groups is 1. The van der Waals surface area contributed by atoms with Crippen LogP contribution in [0.4, 0.5) is 13.2 Å². The summed E-state index contributed by atoms with van der Waals surface area (Å²) in [4.78, 5) is 3.16. The van der Waals surface area contributed by atoms with Crippen molar-refractivity contribution >= 4 is 6.72 Å². The van der Waals surface area contributed by atoms with Crippen LogP contribution in [0.5, 0.6) is 0 Å². The lowest BCUT2D eigenvalue weighted by atomic mass is 10.2. The second-order valence-corrected chi connectivity index (χ2v) is 1.86. The van der Waals surface area contributed by atoms with E-state index in [2.05, 4.69) is 18.3 Å². The number of hydrogen-bond donors (Lipinski definition) is 0. The van der Waals surface area contributed by atoms with Gasteiger partial charge in [0.25, 0.3) is 0 Å². The van der Waals surface area contributed by atoms with Gasteiger partial charge in [-0.05, 0) is 13.6 Å². The molecule has 0 aliphatic rings. The van der Waals surface area contributed by atoms with Crippen molar-refractivity contribution in [1.29, 1.82) is 0 Å². The first kappa shape index (κ1) is 9.94. The fraction of sp³-hybridized carbons (Fsp3) is 0.286. The summed E-state index contributed by atoms with van der Waals surface area (Å²) < 4.78 is 35.8. The van der Waals surface area contributed by atoms with E-state index >= 15 is 0 Å². The Bertz CT molecular complexity index is 200. The summed E-state index contributed by atoms with van der Waals surface area (Å²) in [5.41, 5.74) is -1.000. The summed E-state index contributed by atoms with van der Waals surface area (Å²) in [5.74, 6) is 0. The van der Waals surface area contributed by atoms with Gasteiger partial charge in [0.2, 0.25) is 0 Å². The zero-order valence-corrected chi connectivity index (χ0v) is 6.07. The van der Waals surface area contributed by atoms with E-state index in [1.807, 2.05) is 0 Å². The van der Waals surface area contributed by atoms with E-state index in [4.69, 9.17) is 0 Å². The van der Waals surface area contributed by atoms with Crippen molar-refractivity contribution in [2.75, 3.05) is 0 Å². The Morgan fingerprint density at radius 1 is 1.45 bits per heavy atom. The molecule has 62 valence electrons.